The first-order chi connectivity index (χ1) is 8.01. The van der Waals surface area contributed by atoms with Gasteiger partial charge in [0.2, 0.25) is 5.91 Å². The predicted octanol–water partition coefficient (Wildman–Crippen LogP) is 1.98. The Labute approximate surface area is 102 Å². The smallest absolute Gasteiger partial charge is 0.242 e. The van der Waals surface area contributed by atoms with Crippen LogP contribution in [0.15, 0.2) is 24.5 Å². The maximum Gasteiger partial charge on any atom is 0.242 e. The van der Waals surface area contributed by atoms with E-state index in [-0.39, 0.29) is 5.91 Å². The number of nitriles is 1. The van der Waals surface area contributed by atoms with Crippen molar-refractivity contribution in [3.63, 3.8) is 0 Å². The van der Waals surface area contributed by atoms with Crippen molar-refractivity contribution in [1.82, 2.24) is 9.88 Å². The lowest BCUT2D eigenvalue weighted by Gasteiger charge is -2.26. The van der Waals surface area contributed by atoms with Crippen molar-refractivity contribution in [3.8, 4) is 6.07 Å². The largest absolute Gasteiger partial charge is 0.337 e. The Morgan fingerprint density at radius 3 is 2.53 bits per heavy atom. The number of hydrogen-bond acceptors (Lipinski definition) is 3. The summed E-state index contributed by atoms with van der Waals surface area (Å²) in [5.74, 6) is -0.140. The van der Waals surface area contributed by atoms with Crippen LogP contribution < -0.4 is 0 Å². The Morgan fingerprint density at radius 2 is 2.06 bits per heavy atom. The summed E-state index contributed by atoms with van der Waals surface area (Å²) in [4.78, 5) is 17.7. The molecule has 0 saturated heterocycles. The molecule has 1 rings (SSSR count). The van der Waals surface area contributed by atoms with Crippen LogP contribution in [-0.2, 0) is 11.3 Å². The minimum absolute atomic E-state index is 0.140. The zero-order valence-corrected chi connectivity index (χ0v) is 10.5. The summed E-state index contributed by atoms with van der Waals surface area (Å²) in [6.07, 6.45) is 3.40. The van der Waals surface area contributed by atoms with Crippen molar-refractivity contribution < 1.29 is 4.79 Å². The van der Waals surface area contributed by atoms with Gasteiger partial charge in [0.05, 0.1) is 6.07 Å². The molecular weight excluding hydrogens is 214 g/mol. The molecule has 0 N–H and O–H groups in total. The summed E-state index contributed by atoms with van der Waals surface area (Å²) < 4.78 is 0. The maximum absolute atomic E-state index is 12.1. The number of aromatic nitrogens is 1. The van der Waals surface area contributed by atoms with Gasteiger partial charge in [0.15, 0.2) is 0 Å². The highest BCUT2D eigenvalue weighted by atomic mass is 16.2. The van der Waals surface area contributed by atoms with E-state index in [1.807, 2.05) is 25.1 Å². The second-order valence-corrected chi connectivity index (χ2v) is 4.41. The van der Waals surface area contributed by atoms with Crippen molar-refractivity contribution in [2.75, 3.05) is 6.54 Å². The fourth-order valence-electron chi connectivity index (χ4n) is 1.48. The molecule has 0 aromatic carbocycles. The van der Waals surface area contributed by atoms with Gasteiger partial charge in [-0.05, 0) is 38.5 Å². The Balaban J connectivity index is 2.81. The first kappa shape index (κ1) is 13.2. The standard InChI is InChI=1S/C13H17N3O/c1-4-16(12(17)13(2,3)10-14)9-11-5-7-15-8-6-11/h5-8H,4,9H2,1-3H3. The normalized spacial score (nSPS) is 10.7. The van der Waals surface area contributed by atoms with E-state index in [4.69, 9.17) is 5.26 Å². The second kappa shape index (κ2) is 5.44. The minimum Gasteiger partial charge on any atom is -0.337 e. The number of rotatable bonds is 4. The van der Waals surface area contributed by atoms with Gasteiger partial charge in [0.1, 0.15) is 5.41 Å². The van der Waals surface area contributed by atoms with Crippen LogP contribution in [-0.4, -0.2) is 22.3 Å². The lowest BCUT2D eigenvalue weighted by molar-refractivity contribution is -0.138. The van der Waals surface area contributed by atoms with E-state index >= 15 is 0 Å². The molecular formula is C13H17N3O. The minimum atomic E-state index is -0.969. The van der Waals surface area contributed by atoms with Crippen molar-refractivity contribution in [3.05, 3.63) is 30.1 Å². The molecule has 1 aromatic heterocycles. The average molecular weight is 231 g/mol. The molecule has 0 bridgehead atoms. The number of amides is 1. The van der Waals surface area contributed by atoms with Gasteiger partial charge in [-0.15, -0.1) is 0 Å². The predicted molar refractivity (Wildman–Crippen MR) is 64.7 cm³/mol. The Morgan fingerprint density at radius 1 is 1.47 bits per heavy atom. The van der Waals surface area contributed by atoms with Crippen LogP contribution in [0.5, 0.6) is 0 Å². The molecule has 0 spiro atoms. The Hall–Kier alpha value is -1.89. The summed E-state index contributed by atoms with van der Waals surface area (Å²) in [5.41, 5.74) is 0.0483. The van der Waals surface area contributed by atoms with E-state index in [9.17, 15) is 4.79 Å². The van der Waals surface area contributed by atoms with Crippen LogP contribution in [0, 0.1) is 16.7 Å². The van der Waals surface area contributed by atoms with E-state index < -0.39 is 5.41 Å². The molecule has 90 valence electrons. The van der Waals surface area contributed by atoms with Crippen LogP contribution >= 0.6 is 0 Å². The van der Waals surface area contributed by atoms with Crippen LogP contribution in [0.3, 0.4) is 0 Å². The molecule has 1 aromatic rings. The molecule has 4 nitrogen and oxygen atoms in total. The maximum atomic E-state index is 12.1. The molecule has 0 atom stereocenters. The fraction of sp³-hybridized carbons (Fsp3) is 0.462. The first-order valence-electron chi connectivity index (χ1n) is 5.60. The van der Waals surface area contributed by atoms with Crippen LogP contribution in [0.1, 0.15) is 26.3 Å². The zero-order valence-electron chi connectivity index (χ0n) is 10.5. The number of carbonyl (C=O) groups is 1. The highest BCUT2D eigenvalue weighted by Gasteiger charge is 2.31. The second-order valence-electron chi connectivity index (χ2n) is 4.41. The van der Waals surface area contributed by atoms with Gasteiger partial charge in [-0.25, -0.2) is 0 Å². The zero-order chi connectivity index (χ0) is 12.9. The summed E-state index contributed by atoms with van der Waals surface area (Å²) in [7, 11) is 0. The lowest BCUT2D eigenvalue weighted by Crippen LogP contribution is -2.39. The molecule has 4 heteroatoms. The van der Waals surface area contributed by atoms with Gasteiger partial charge in [-0.3, -0.25) is 9.78 Å². The van der Waals surface area contributed by atoms with E-state index in [0.717, 1.165) is 5.56 Å². The van der Waals surface area contributed by atoms with Gasteiger partial charge in [-0.1, -0.05) is 0 Å². The molecule has 1 amide bonds. The summed E-state index contributed by atoms with van der Waals surface area (Å²) in [5, 5.41) is 8.97. The van der Waals surface area contributed by atoms with Gasteiger partial charge in [0, 0.05) is 25.5 Å². The van der Waals surface area contributed by atoms with Crippen LogP contribution in [0.2, 0.25) is 0 Å². The summed E-state index contributed by atoms with van der Waals surface area (Å²) >= 11 is 0. The Kier molecular flexibility index (Phi) is 4.22. The topological polar surface area (TPSA) is 57.0 Å². The van der Waals surface area contributed by atoms with Gasteiger partial charge < -0.3 is 4.90 Å². The van der Waals surface area contributed by atoms with Crippen molar-refractivity contribution >= 4 is 5.91 Å². The average Bonchev–Trinajstić information content (AvgIpc) is 2.36. The molecule has 1 heterocycles. The van der Waals surface area contributed by atoms with Crippen molar-refractivity contribution in [2.45, 2.75) is 27.3 Å². The SMILES string of the molecule is CCN(Cc1ccncc1)C(=O)C(C)(C)C#N. The molecule has 0 fully saturated rings. The van der Waals surface area contributed by atoms with Gasteiger partial charge in [0.25, 0.3) is 0 Å². The van der Waals surface area contributed by atoms with Crippen molar-refractivity contribution in [1.29, 1.82) is 5.26 Å². The molecule has 17 heavy (non-hydrogen) atoms. The number of carbonyl (C=O) groups excluding carboxylic acids is 1. The van der Waals surface area contributed by atoms with Gasteiger partial charge in [-0.2, -0.15) is 5.26 Å². The number of pyridine rings is 1. The van der Waals surface area contributed by atoms with E-state index in [1.165, 1.54) is 0 Å². The van der Waals surface area contributed by atoms with E-state index in [0.29, 0.717) is 13.1 Å². The molecule has 0 aliphatic heterocycles. The molecule has 0 saturated carbocycles. The third-order valence-electron chi connectivity index (χ3n) is 2.61. The van der Waals surface area contributed by atoms with E-state index in [1.54, 1.807) is 31.1 Å². The highest BCUT2D eigenvalue weighted by molar-refractivity contribution is 5.84. The molecule has 0 radical (unpaired) electrons. The van der Waals surface area contributed by atoms with Crippen LogP contribution in [0.25, 0.3) is 0 Å². The van der Waals surface area contributed by atoms with Gasteiger partial charge >= 0.3 is 0 Å². The summed E-state index contributed by atoms with van der Waals surface area (Å²) in [6.45, 7) is 6.30. The molecule has 0 aliphatic rings. The Bertz CT molecular complexity index is 420. The van der Waals surface area contributed by atoms with Crippen LogP contribution in [0.4, 0.5) is 0 Å². The highest BCUT2D eigenvalue weighted by Crippen LogP contribution is 2.18. The van der Waals surface area contributed by atoms with E-state index in [2.05, 4.69) is 4.98 Å². The fourth-order valence-corrected chi connectivity index (χ4v) is 1.48. The number of hydrogen-bond donors (Lipinski definition) is 0. The quantitative estimate of drug-likeness (QED) is 0.796. The lowest BCUT2D eigenvalue weighted by atomic mass is 9.93. The van der Waals surface area contributed by atoms with Crippen molar-refractivity contribution in [2.24, 2.45) is 5.41 Å². The summed E-state index contributed by atoms with van der Waals surface area (Å²) in [6, 6.07) is 5.78. The third kappa shape index (κ3) is 3.28. The first-order valence-corrected chi connectivity index (χ1v) is 5.60. The third-order valence-corrected chi connectivity index (χ3v) is 2.61. The number of nitrogens with zero attached hydrogens (tertiary/aromatic N) is 3. The molecule has 0 unspecified atom stereocenters. The monoisotopic (exact) mass is 231 g/mol. The molecule has 0 aliphatic carbocycles.